The van der Waals surface area contributed by atoms with Crippen LogP contribution in [0, 0.1) is 6.92 Å². The zero-order chi connectivity index (χ0) is 25.1. The fourth-order valence-corrected chi connectivity index (χ4v) is 4.04. The maximum atomic E-state index is 13.2. The fourth-order valence-electron chi connectivity index (χ4n) is 3.91. The van der Waals surface area contributed by atoms with Crippen LogP contribution in [0.3, 0.4) is 0 Å². The van der Waals surface area contributed by atoms with Gasteiger partial charge in [-0.3, -0.25) is 14.5 Å². The number of hydrogen-bond acceptors (Lipinski definition) is 7. The van der Waals surface area contributed by atoms with Crippen molar-refractivity contribution in [1.29, 1.82) is 0 Å². The average Bonchev–Trinajstić information content (AvgIpc) is 3.39. The smallest absolute Gasteiger partial charge is 0.301 e. The summed E-state index contributed by atoms with van der Waals surface area (Å²) in [6, 6.07) is 12.1. The molecule has 1 N–H and O–H groups in total. The van der Waals surface area contributed by atoms with Gasteiger partial charge in [-0.25, -0.2) is 0 Å². The lowest BCUT2D eigenvalue weighted by Gasteiger charge is -2.23. The molecule has 1 aliphatic rings. The predicted molar refractivity (Wildman–Crippen MR) is 131 cm³/mol. The van der Waals surface area contributed by atoms with Crippen LogP contribution in [-0.2, 0) is 9.59 Å². The molecule has 3 aromatic rings. The minimum Gasteiger partial charge on any atom is -0.507 e. The normalized spacial score (nSPS) is 17.1. The number of aliphatic hydroxyl groups is 1. The highest BCUT2D eigenvalue weighted by molar-refractivity contribution is 6.51. The molecule has 182 valence electrons. The third-order valence-corrected chi connectivity index (χ3v) is 5.94. The Kier molecular flexibility index (Phi) is 7.12. The second-order valence-corrected chi connectivity index (χ2v) is 8.52. The van der Waals surface area contributed by atoms with Crippen molar-refractivity contribution in [2.24, 2.45) is 0 Å². The highest BCUT2D eigenvalue weighted by Gasteiger charge is 2.48. The monoisotopic (exact) mass is 496 g/mol. The number of benzene rings is 2. The predicted octanol–water partition coefficient (Wildman–Crippen LogP) is 5.45. The first kappa shape index (κ1) is 24.3. The van der Waals surface area contributed by atoms with Gasteiger partial charge in [-0.15, -0.1) is 0 Å². The number of aryl methyl sites for hydroxylation is 1. The van der Waals surface area contributed by atoms with Gasteiger partial charge in [0.25, 0.3) is 5.78 Å². The van der Waals surface area contributed by atoms with E-state index in [-0.39, 0.29) is 17.2 Å². The number of carbonyl (C=O) groups excluding carboxylic acids is 2. The van der Waals surface area contributed by atoms with Gasteiger partial charge >= 0.3 is 5.91 Å². The van der Waals surface area contributed by atoms with E-state index in [4.69, 9.17) is 25.6 Å². The molecule has 2 heterocycles. The van der Waals surface area contributed by atoms with Crippen molar-refractivity contribution in [1.82, 2.24) is 5.16 Å². The molecule has 1 aromatic heterocycles. The quantitative estimate of drug-likeness (QED) is 0.191. The van der Waals surface area contributed by atoms with Gasteiger partial charge in [0.2, 0.25) is 0 Å². The number of nitrogens with zero attached hydrogens (tertiary/aromatic N) is 2. The highest BCUT2D eigenvalue weighted by Crippen LogP contribution is 2.44. The second kappa shape index (κ2) is 10.2. The molecule has 1 fully saturated rings. The zero-order valence-corrected chi connectivity index (χ0v) is 20.3. The molecular weight excluding hydrogens is 472 g/mol. The Hall–Kier alpha value is -3.78. The number of anilines is 1. The van der Waals surface area contributed by atoms with Gasteiger partial charge in [-0.1, -0.05) is 36.2 Å². The summed E-state index contributed by atoms with van der Waals surface area (Å²) in [7, 11) is 1.51. The van der Waals surface area contributed by atoms with E-state index in [0.717, 1.165) is 12.8 Å². The van der Waals surface area contributed by atoms with Crippen LogP contribution < -0.4 is 14.4 Å². The van der Waals surface area contributed by atoms with Gasteiger partial charge in [0.05, 0.1) is 25.3 Å². The van der Waals surface area contributed by atoms with Crippen LogP contribution in [0.25, 0.3) is 5.76 Å². The van der Waals surface area contributed by atoms with E-state index in [1.165, 1.54) is 12.0 Å². The zero-order valence-electron chi connectivity index (χ0n) is 19.6. The number of methoxy groups -OCH3 is 1. The number of ketones is 1. The summed E-state index contributed by atoms with van der Waals surface area (Å²) in [6.45, 7) is 4.28. The number of halogens is 1. The van der Waals surface area contributed by atoms with Crippen LogP contribution in [0.5, 0.6) is 11.5 Å². The number of unbranched alkanes of at least 4 members (excludes halogenated alkanes) is 1. The number of carbonyl (C=O) groups is 2. The molecule has 0 spiro atoms. The standard InChI is InChI=1S/C26H25ClN2O6/c1-4-5-12-34-19-11-8-17(14-20(19)33-3)23-22(24(30)16-6-9-18(27)10-7-16)25(31)26(32)29(23)21-13-15(2)35-28-21/h6-11,13-14,23,30H,4-5,12H2,1-3H3/t23-/m0/s1. The van der Waals surface area contributed by atoms with E-state index < -0.39 is 17.7 Å². The number of aromatic nitrogens is 1. The van der Waals surface area contributed by atoms with Crippen molar-refractivity contribution >= 4 is 34.9 Å². The van der Waals surface area contributed by atoms with Gasteiger partial charge in [0.1, 0.15) is 11.5 Å². The number of amides is 1. The number of aliphatic hydroxyl groups excluding tert-OH is 1. The molecule has 1 saturated heterocycles. The molecule has 2 aromatic carbocycles. The van der Waals surface area contributed by atoms with E-state index in [0.29, 0.717) is 40.0 Å². The summed E-state index contributed by atoms with van der Waals surface area (Å²) in [5.41, 5.74) is 0.792. The van der Waals surface area contributed by atoms with E-state index in [1.807, 2.05) is 0 Å². The first-order valence-electron chi connectivity index (χ1n) is 11.2. The third-order valence-electron chi connectivity index (χ3n) is 5.68. The first-order valence-corrected chi connectivity index (χ1v) is 11.5. The summed E-state index contributed by atoms with van der Waals surface area (Å²) in [5, 5.41) is 15.6. The van der Waals surface area contributed by atoms with Crippen LogP contribution >= 0.6 is 11.6 Å². The lowest BCUT2D eigenvalue weighted by Crippen LogP contribution is -2.29. The lowest BCUT2D eigenvalue weighted by atomic mass is 9.95. The second-order valence-electron chi connectivity index (χ2n) is 8.08. The molecule has 4 rings (SSSR count). The van der Waals surface area contributed by atoms with Gasteiger partial charge in [-0.05, 0) is 55.3 Å². The van der Waals surface area contributed by atoms with Crippen LogP contribution in [0.2, 0.25) is 5.02 Å². The van der Waals surface area contributed by atoms with Crippen molar-refractivity contribution in [3.05, 3.63) is 76.0 Å². The summed E-state index contributed by atoms with van der Waals surface area (Å²) >= 11 is 5.98. The first-order chi connectivity index (χ1) is 16.8. The SMILES string of the molecule is CCCCOc1ccc([C@H]2C(=C(O)c3ccc(Cl)cc3)C(=O)C(=O)N2c2cc(C)on2)cc1OC. The maximum absolute atomic E-state index is 13.2. The van der Waals surface area contributed by atoms with E-state index in [1.54, 1.807) is 55.5 Å². The van der Waals surface area contributed by atoms with Crippen molar-refractivity contribution < 1.29 is 28.7 Å². The molecule has 8 nitrogen and oxygen atoms in total. The summed E-state index contributed by atoms with van der Waals surface area (Å²) in [4.78, 5) is 27.6. The van der Waals surface area contributed by atoms with Crippen molar-refractivity contribution in [3.63, 3.8) is 0 Å². The van der Waals surface area contributed by atoms with Crippen LogP contribution in [0.1, 0.15) is 42.7 Å². The molecule has 1 aliphatic heterocycles. The molecule has 0 radical (unpaired) electrons. The van der Waals surface area contributed by atoms with Gasteiger partial charge in [0.15, 0.2) is 17.3 Å². The summed E-state index contributed by atoms with van der Waals surface area (Å²) in [5.74, 6) is -0.396. The molecule has 35 heavy (non-hydrogen) atoms. The molecule has 1 amide bonds. The Bertz CT molecular complexity index is 1280. The van der Waals surface area contributed by atoms with Crippen LogP contribution in [0.15, 0.2) is 58.6 Å². The number of rotatable bonds is 8. The Morgan fingerprint density at radius 2 is 1.89 bits per heavy atom. The Morgan fingerprint density at radius 1 is 1.14 bits per heavy atom. The molecule has 1 atom stereocenters. The maximum Gasteiger partial charge on any atom is 0.301 e. The molecule has 0 aliphatic carbocycles. The number of Topliss-reactive ketones (excluding diaryl/α,β-unsaturated/α-hetero) is 1. The molecular formula is C26H25ClN2O6. The molecule has 0 saturated carbocycles. The van der Waals surface area contributed by atoms with Crippen molar-refractivity contribution in [2.75, 3.05) is 18.6 Å². The fraction of sp³-hybridized carbons (Fsp3) is 0.269. The van der Waals surface area contributed by atoms with E-state index in [9.17, 15) is 14.7 Å². The third kappa shape index (κ3) is 4.74. The molecule has 0 bridgehead atoms. The average molecular weight is 497 g/mol. The minimum absolute atomic E-state index is 0.0836. The van der Waals surface area contributed by atoms with Crippen molar-refractivity contribution in [2.45, 2.75) is 32.7 Å². The van der Waals surface area contributed by atoms with Crippen LogP contribution in [0.4, 0.5) is 5.82 Å². The van der Waals surface area contributed by atoms with Gasteiger partial charge in [-0.2, -0.15) is 0 Å². The van der Waals surface area contributed by atoms with E-state index in [2.05, 4.69) is 12.1 Å². The largest absolute Gasteiger partial charge is 0.507 e. The Balaban J connectivity index is 1.87. The minimum atomic E-state index is -0.978. The molecule has 9 heteroatoms. The van der Waals surface area contributed by atoms with Crippen molar-refractivity contribution in [3.8, 4) is 11.5 Å². The number of hydrogen-bond donors (Lipinski definition) is 1. The molecule has 0 unspecified atom stereocenters. The lowest BCUT2D eigenvalue weighted by molar-refractivity contribution is -0.132. The van der Waals surface area contributed by atoms with E-state index >= 15 is 0 Å². The van der Waals surface area contributed by atoms with Crippen LogP contribution in [-0.4, -0.2) is 35.7 Å². The van der Waals surface area contributed by atoms with Gasteiger partial charge in [0, 0.05) is 16.7 Å². The number of ether oxygens (including phenoxy) is 2. The van der Waals surface area contributed by atoms with Gasteiger partial charge < -0.3 is 19.1 Å². The Morgan fingerprint density at radius 3 is 2.51 bits per heavy atom. The Labute approximate surface area is 207 Å². The summed E-state index contributed by atoms with van der Waals surface area (Å²) in [6.07, 6.45) is 1.87. The highest BCUT2D eigenvalue weighted by atomic mass is 35.5. The summed E-state index contributed by atoms with van der Waals surface area (Å²) < 4.78 is 16.5. The topological polar surface area (TPSA) is 102 Å².